The Bertz CT molecular complexity index is 1100. The molecule has 0 aliphatic carbocycles. The average Bonchev–Trinajstić information content (AvgIpc) is 2.60. The van der Waals surface area contributed by atoms with Crippen LogP contribution in [0.5, 0.6) is 0 Å². The van der Waals surface area contributed by atoms with E-state index in [0.717, 1.165) is 35.7 Å². The first-order valence-electron chi connectivity index (χ1n) is 6.84. The highest BCUT2D eigenvalue weighted by molar-refractivity contribution is 7.94. The first-order valence-corrected chi connectivity index (χ1v) is 9.87. The SMILES string of the molecule is N#CC=CS(=O)(=O)c1ccc(NS(=O)(=O)c2ccc([N+](=O)[O-])cc2)cc1. The highest BCUT2D eigenvalue weighted by Crippen LogP contribution is 2.21. The minimum absolute atomic E-state index is 0.103. The molecule has 0 radical (unpaired) electrons. The maximum absolute atomic E-state index is 12.3. The van der Waals surface area contributed by atoms with E-state index < -0.39 is 24.8 Å². The van der Waals surface area contributed by atoms with Crippen LogP contribution in [0.15, 0.2) is 69.8 Å². The molecule has 1 N–H and O–H groups in total. The number of nitrogens with zero attached hydrogens (tertiary/aromatic N) is 2. The lowest BCUT2D eigenvalue weighted by Crippen LogP contribution is -2.13. The smallest absolute Gasteiger partial charge is 0.269 e. The lowest BCUT2D eigenvalue weighted by Gasteiger charge is -2.08. The summed E-state index contributed by atoms with van der Waals surface area (Å²) in [5.41, 5.74) is -0.143. The minimum Gasteiger partial charge on any atom is -0.280 e. The number of non-ortho nitro benzene ring substituents is 1. The number of hydrogen-bond donors (Lipinski definition) is 1. The summed E-state index contributed by atoms with van der Waals surface area (Å²) in [4.78, 5) is 9.66. The molecule has 0 bridgehead atoms. The monoisotopic (exact) mass is 393 g/mol. The van der Waals surface area contributed by atoms with Gasteiger partial charge in [0.15, 0.2) is 0 Å². The van der Waals surface area contributed by atoms with Gasteiger partial charge in [-0.25, -0.2) is 16.8 Å². The zero-order valence-electron chi connectivity index (χ0n) is 12.9. The number of allylic oxidation sites excluding steroid dienone is 1. The normalized spacial score (nSPS) is 11.8. The Kier molecular flexibility index (Phi) is 5.39. The third kappa shape index (κ3) is 4.44. The first kappa shape index (κ1) is 19.1. The maximum atomic E-state index is 12.3. The highest BCUT2D eigenvalue weighted by Gasteiger charge is 2.17. The van der Waals surface area contributed by atoms with Crippen LogP contribution in [0.3, 0.4) is 0 Å². The van der Waals surface area contributed by atoms with Gasteiger partial charge in [-0.05, 0) is 36.4 Å². The van der Waals surface area contributed by atoms with E-state index in [2.05, 4.69) is 4.72 Å². The van der Waals surface area contributed by atoms with Crippen molar-refractivity contribution in [3.63, 3.8) is 0 Å². The lowest BCUT2D eigenvalue weighted by atomic mass is 10.3. The van der Waals surface area contributed by atoms with Crippen LogP contribution in [0.2, 0.25) is 0 Å². The number of anilines is 1. The number of nitro groups is 1. The highest BCUT2D eigenvalue weighted by atomic mass is 32.2. The molecule has 9 nitrogen and oxygen atoms in total. The summed E-state index contributed by atoms with van der Waals surface area (Å²) >= 11 is 0. The molecule has 0 aliphatic heterocycles. The predicted octanol–water partition coefficient (Wildman–Crippen LogP) is 2.21. The van der Waals surface area contributed by atoms with Gasteiger partial charge >= 0.3 is 0 Å². The average molecular weight is 393 g/mol. The van der Waals surface area contributed by atoms with Crippen molar-refractivity contribution in [1.29, 1.82) is 5.26 Å². The number of rotatable bonds is 6. The van der Waals surface area contributed by atoms with Gasteiger partial charge in [0.2, 0.25) is 9.84 Å². The third-order valence-corrected chi connectivity index (χ3v) is 5.94. The Morgan fingerprint density at radius 3 is 2.00 bits per heavy atom. The molecule has 0 saturated heterocycles. The summed E-state index contributed by atoms with van der Waals surface area (Å²) in [5, 5.41) is 19.7. The second kappa shape index (κ2) is 7.34. The van der Waals surface area contributed by atoms with Gasteiger partial charge in [0.1, 0.15) is 0 Å². The number of nitro benzene ring substituents is 1. The van der Waals surface area contributed by atoms with Crippen LogP contribution in [-0.2, 0) is 19.9 Å². The Labute approximate surface area is 149 Å². The molecule has 2 aromatic carbocycles. The Morgan fingerprint density at radius 2 is 1.50 bits per heavy atom. The van der Waals surface area contributed by atoms with Crippen molar-refractivity contribution < 1.29 is 21.8 Å². The number of nitriles is 1. The fraction of sp³-hybridized carbons (Fsp3) is 0. The summed E-state index contributed by atoms with van der Waals surface area (Å²) in [6.45, 7) is 0. The molecular formula is C15H11N3O6S2. The predicted molar refractivity (Wildman–Crippen MR) is 92.3 cm³/mol. The van der Waals surface area contributed by atoms with E-state index in [0.29, 0.717) is 0 Å². The van der Waals surface area contributed by atoms with Crippen molar-refractivity contribution in [3.05, 3.63) is 70.1 Å². The van der Waals surface area contributed by atoms with Gasteiger partial charge in [-0.15, -0.1) is 0 Å². The van der Waals surface area contributed by atoms with Crippen LogP contribution in [0, 0.1) is 21.4 Å². The van der Waals surface area contributed by atoms with Crippen molar-refractivity contribution in [2.24, 2.45) is 0 Å². The molecular weight excluding hydrogens is 382 g/mol. The van der Waals surface area contributed by atoms with E-state index in [1.165, 1.54) is 24.3 Å². The largest absolute Gasteiger partial charge is 0.280 e. The van der Waals surface area contributed by atoms with Gasteiger partial charge in [-0.3, -0.25) is 14.8 Å². The molecule has 2 aromatic rings. The molecule has 0 saturated carbocycles. The first-order chi connectivity index (χ1) is 12.2. The van der Waals surface area contributed by atoms with Crippen molar-refractivity contribution in [2.45, 2.75) is 9.79 Å². The van der Waals surface area contributed by atoms with E-state index >= 15 is 0 Å². The van der Waals surface area contributed by atoms with Gasteiger partial charge in [0, 0.05) is 29.3 Å². The van der Waals surface area contributed by atoms with Crippen molar-refractivity contribution >= 4 is 31.2 Å². The van der Waals surface area contributed by atoms with Gasteiger partial charge in [-0.1, -0.05) is 0 Å². The van der Waals surface area contributed by atoms with Crippen LogP contribution in [0.1, 0.15) is 0 Å². The second-order valence-corrected chi connectivity index (χ2v) is 8.37. The van der Waals surface area contributed by atoms with E-state index in [1.807, 2.05) is 0 Å². The van der Waals surface area contributed by atoms with Crippen LogP contribution < -0.4 is 4.72 Å². The zero-order chi connectivity index (χ0) is 19.4. The van der Waals surface area contributed by atoms with E-state index in [1.54, 1.807) is 6.07 Å². The summed E-state index contributed by atoms with van der Waals surface area (Å²) in [5.74, 6) is 0. The lowest BCUT2D eigenvalue weighted by molar-refractivity contribution is -0.384. The molecule has 26 heavy (non-hydrogen) atoms. The summed E-state index contributed by atoms with van der Waals surface area (Å²) < 4.78 is 50.5. The Balaban J connectivity index is 2.24. The molecule has 11 heteroatoms. The van der Waals surface area contributed by atoms with E-state index in [-0.39, 0.29) is 21.2 Å². The van der Waals surface area contributed by atoms with Gasteiger partial charge in [-0.2, -0.15) is 5.26 Å². The van der Waals surface area contributed by atoms with Crippen molar-refractivity contribution in [3.8, 4) is 6.07 Å². The number of hydrogen-bond acceptors (Lipinski definition) is 7. The Morgan fingerprint density at radius 1 is 0.962 bits per heavy atom. The van der Waals surface area contributed by atoms with Gasteiger partial charge in [0.05, 0.1) is 20.8 Å². The van der Waals surface area contributed by atoms with Crippen LogP contribution in [0.25, 0.3) is 0 Å². The maximum Gasteiger partial charge on any atom is 0.269 e. The third-order valence-electron chi connectivity index (χ3n) is 3.11. The molecule has 0 atom stereocenters. The number of nitrogens with one attached hydrogen (secondary N) is 1. The van der Waals surface area contributed by atoms with Crippen molar-refractivity contribution in [1.82, 2.24) is 0 Å². The number of sulfone groups is 1. The minimum atomic E-state index is -4.00. The molecule has 0 heterocycles. The Hall–Kier alpha value is -3.23. The summed E-state index contributed by atoms with van der Waals surface area (Å²) in [7, 11) is -7.79. The number of benzene rings is 2. The van der Waals surface area contributed by atoms with Gasteiger partial charge < -0.3 is 0 Å². The fourth-order valence-corrected chi connectivity index (χ4v) is 3.84. The molecule has 0 aromatic heterocycles. The van der Waals surface area contributed by atoms with Crippen LogP contribution in [-0.4, -0.2) is 21.8 Å². The molecule has 134 valence electrons. The quantitative estimate of drug-likeness (QED) is 0.449. The standard InChI is InChI=1S/C15H11N3O6S2/c16-10-1-11-25(21,22)14-6-2-12(3-7-14)17-26(23,24)15-8-4-13(5-9-15)18(19)20/h1-9,11,17H. The second-order valence-electron chi connectivity index (χ2n) is 4.86. The van der Waals surface area contributed by atoms with E-state index in [9.17, 15) is 26.9 Å². The van der Waals surface area contributed by atoms with E-state index in [4.69, 9.17) is 5.26 Å². The summed E-state index contributed by atoms with van der Waals surface area (Å²) in [6, 6.07) is 10.7. The van der Waals surface area contributed by atoms with Crippen LogP contribution >= 0.6 is 0 Å². The zero-order valence-corrected chi connectivity index (χ0v) is 14.6. The molecule has 2 rings (SSSR count). The summed E-state index contributed by atoms with van der Waals surface area (Å²) in [6.07, 6.45) is 0.820. The fourth-order valence-electron chi connectivity index (χ4n) is 1.87. The van der Waals surface area contributed by atoms with Gasteiger partial charge in [0.25, 0.3) is 15.7 Å². The topological polar surface area (TPSA) is 147 Å². The molecule has 0 spiro atoms. The molecule has 0 amide bonds. The number of sulfonamides is 1. The molecule has 0 unspecified atom stereocenters. The molecule has 0 aliphatic rings. The van der Waals surface area contributed by atoms with Crippen LogP contribution in [0.4, 0.5) is 11.4 Å². The molecule has 0 fully saturated rings. The van der Waals surface area contributed by atoms with Crippen molar-refractivity contribution in [2.75, 3.05) is 4.72 Å².